The smallest absolute Gasteiger partial charge is 0.292 e. The van der Waals surface area contributed by atoms with Crippen LogP contribution in [0, 0.1) is 11.8 Å². The van der Waals surface area contributed by atoms with E-state index in [0.717, 1.165) is 27.7 Å². The minimum Gasteiger partial charge on any atom is -0.292 e. The maximum absolute atomic E-state index is 13.1. The van der Waals surface area contributed by atoms with E-state index in [1.807, 2.05) is 0 Å². The molecule has 0 aliphatic carbocycles. The molecule has 0 aromatic carbocycles. The van der Waals surface area contributed by atoms with Crippen molar-refractivity contribution >= 4 is 11.6 Å². The molecule has 0 unspecified atom stereocenters. The molecule has 0 aliphatic heterocycles. The van der Waals surface area contributed by atoms with Crippen molar-refractivity contribution in [2.75, 3.05) is 0 Å². The van der Waals surface area contributed by atoms with Gasteiger partial charge in [-0.05, 0) is 0 Å². The minimum absolute atomic E-state index is 1.09. The fourth-order valence-electron chi connectivity index (χ4n) is 1.03. The van der Waals surface area contributed by atoms with Crippen molar-refractivity contribution in [2.24, 2.45) is 11.8 Å². The molecule has 0 heterocycles. The first-order valence-corrected chi connectivity index (χ1v) is 5.26. The number of alkyl halides is 4. The molecule has 0 atom stereocenters. The van der Waals surface area contributed by atoms with Crippen LogP contribution in [0.3, 0.4) is 0 Å². The van der Waals surface area contributed by atoms with Gasteiger partial charge in [-0.2, -0.15) is 17.6 Å². The predicted molar refractivity (Wildman–Crippen MR) is 54.2 cm³/mol. The Morgan fingerprint density at radius 3 is 1.24 bits per heavy atom. The number of hydrogen-bond donors (Lipinski definition) is 0. The van der Waals surface area contributed by atoms with Crippen LogP contribution in [-0.2, 0) is 9.59 Å². The third-order valence-electron chi connectivity index (χ3n) is 2.51. The second-order valence-corrected chi connectivity index (χ2v) is 4.58. The van der Waals surface area contributed by atoms with Crippen LogP contribution in [0.4, 0.5) is 17.6 Å². The van der Waals surface area contributed by atoms with E-state index in [2.05, 4.69) is 0 Å². The predicted octanol–water partition coefficient (Wildman–Crippen LogP) is 3.10. The molecule has 2 nitrogen and oxygen atoms in total. The molecule has 0 aromatic rings. The fourth-order valence-corrected chi connectivity index (χ4v) is 1.03. The van der Waals surface area contributed by atoms with Crippen LogP contribution in [-0.4, -0.2) is 23.4 Å². The molecule has 0 bridgehead atoms. The standard InChI is InChI=1S/C11H16F4O2/c1-6(2)10(12,13)8(16)5-9(17)11(14,15)7(3)4/h6-7H,5H2,1-4H3. The Bertz CT molecular complexity index is 279. The highest BCUT2D eigenvalue weighted by Crippen LogP contribution is 2.30. The summed E-state index contributed by atoms with van der Waals surface area (Å²) in [4.78, 5) is 22.2. The van der Waals surface area contributed by atoms with Crippen molar-refractivity contribution in [3.8, 4) is 0 Å². The summed E-state index contributed by atoms with van der Waals surface area (Å²) in [5.74, 6) is -13.6. The summed E-state index contributed by atoms with van der Waals surface area (Å²) in [5.41, 5.74) is 0. The van der Waals surface area contributed by atoms with Gasteiger partial charge in [-0.25, -0.2) is 0 Å². The Balaban J connectivity index is 4.78. The van der Waals surface area contributed by atoms with Gasteiger partial charge in [0.05, 0.1) is 6.42 Å². The van der Waals surface area contributed by atoms with E-state index < -0.39 is 41.7 Å². The van der Waals surface area contributed by atoms with Crippen LogP contribution in [0.2, 0.25) is 0 Å². The van der Waals surface area contributed by atoms with Gasteiger partial charge in [-0.1, -0.05) is 27.7 Å². The fraction of sp³-hybridized carbons (Fsp3) is 0.818. The van der Waals surface area contributed by atoms with Gasteiger partial charge in [0.15, 0.2) is 0 Å². The third-order valence-corrected chi connectivity index (χ3v) is 2.51. The topological polar surface area (TPSA) is 34.1 Å². The maximum atomic E-state index is 13.1. The Hall–Kier alpha value is -0.940. The van der Waals surface area contributed by atoms with E-state index in [-0.39, 0.29) is 0 Å². The van der Waals surface area contributed by atoms with Crippen molar-refractivity contribution in [3.63, 3.8) is 0 Å². The Morgan fingerprint density at radius 2 is 1.06 bits per heavy atom. The average Bonchev–Trinajstić information content (AvgIpc) is 2.16. The zero-order valence-corrected chi connectivity index (χ0v) is 10.2. The van der Waals surface area contributed by atoms with E-state index in [1.54, 1.807) is 0 Å². The second kappa shape index (κ2) is 5.14. The monoisotopic (exact) mass is 256 g/mol. The molecule has 6 heteroatoms. The summed E-state index contributed by atoms with van der Waals surface area (Å²) in [5, 5.41) is 0. The maximum Gasteiger partial charge on any atom is 0.307 e. The highest BCUT2D eigenvalue weighted by Gasteiger charge is 2.48. The van der Waals surface area contributed by atoms with E-state index in [4.69, 9.17) is 0 Å². The van der Waals surface area contributed by atoms with Crippen molar-refractivity contribution in [1.29, 1.82) is 0 Å². The summed E-state index contributed by atoms with van der Waals surface area (Å²) in [7, 11) is 0. The summed E-state index contributed by atoms with van der Waals surface area (Å²) >= 11 is 0. The molecule has 0 saturated heterocycles. The lowest BCUT2D eigenvalue weighted by atomic mass is 9.93. The van der Waals surface area contributed by atoms with Crippen LogP contribution >= 0.6 is 0 Å². The molecule has 0 aliphatic rings. The average molecular weight is 256 g/mol. The van der Waals surface area contributed by atoms with Crippen LogP contribution < -0.4 is 0 Å². The zero-order valence-electron chi connectivity index (χ0n) is 10.2. The number of Topliss-reactive ketones (excluding diaryl/α,β-unsaturated/α-hetero) is 2. The highest BCUT2D eigenvalue weighted by molar-refractivity contribution is 6.05. The first-order valence-electron chi connectivity index (χ1n) is 5.26. The van der Waals surface area contributed by atoms with Crippen molar-refractivity contribution < 1.29 is 27.2 Å². The lowest BCUT2D eigenvalue weighted by Gasteiger charge is -2.22. The van der Waals surface area contributed by atoms with E-state index in [1.165, 1.54) is 0 Å². The Morgan fingerprint density at radius 1 is 0.824 bits per heavy atom. The minimum atomic E-state index is -3.75. The van der Waals surface area contributed by atoms with Gasteiger partial charge >= 0.3 is 11.8 Å². The quantitative estimate of drug-likeness (QED) is 0.540. The lowest BCUT2D eigenvalue weighted by Crippen LogP contribution is -2.41. The Labute approximate surface area is 97.4 Å². The van der Waals surface area contributed by atoms with E-state index in [9.17, 15) is 27.2 Å². The highest BCUT2D eigenvalue weighted by atomic mass is 19.3. The molecule has 0 fully saturated rings. The van der Waals surface area contributed by atoms with Gasteiger partial charge in [0.1, 0.15) is 0 Å². The largest absolute Gasteiger partial charge is 0.307 e. The van der Waals surface area contributed by atoms with Crippen LogP contribution in [0.15, 0.2) is 0 Å². The Kier molecular flexibility index (Phi) is 4.86. The zero-order chi connectivity index (χ0) is 14.0. The summed E-state index contributed by atoms with van der Waals surface area (Å²) < 4.78 is 52.6. The SMILES string of the molecule is CC(C)C(F)(F)C(=O)CC(=O)C(F)(F)C(C)C. The summed E-state index contributed by atoms with van der Waals surface area (Å²) in [6, 6.07) is 0. The van der Waals surface area contributed by atoms with Crippen LogP contribution in [0.25, 0.3) is 0 Å². The van der Waals surface area contributed by atoms with Crippen molar-refractivity contribution in [3.05, 3.63) is 0 Å². The molecule has 0 rings (SSSR count). The van der Waals surface area contributed by atoms with Gasteiger partial charge in [0.2, 0.25) is 11.6 Å². The van der Waals surface area contributed by atoms with Crippen LogP contribution in [0.1, 0.15) is 34.1 Å². The van der Waals surface area contributed by atoms with Crippen molar-refractivity contribution in [2.45, 2.75) is 46.0 Å². The molecule has 100 valence electrons. The van der Waals surface area contributed by atoms with Crippen molar-refractivity contribution in [1.82, 2.24) is 0 Å². The third kappa shape index (κ3) is 3.51. The van der Waals surface area contributed by atoms with E-state index >= 15 is 0 Å². The number of ketones is 2. The molecular formula is C11H16F4O2. The van der Waals surface area contributed by atoms with Gasteiger partial charge in [-0.3, -0.25) is 9.59 Å². The van der Waals surface area contributed by atoms with E-state index in [0.29, 0.717) is 0 Å². The number of carbonyl (C=O) groups is 2. The van der Waals surface area contributed by atoms with Gasteiger partial charge in [0, 0.05) is 11.8 Å². The normalized spacial score (nSPS) is 13.3. The van der Waals surface area contributed by atoms with Gasteiger partial charge < -0.3 is 0 Å². The summed E-state index contributed by atoms with van der Waals surface area (Å²) in [6.45, 7) is 4.35. The molecular weight excluding hydrogens is 240 g/mol. The molecule has 0 saturated carbocycles. The number of hydrogen-bond acceptors (Lipinski definition) is 2. The molecule has 0 amide bonds. The first kappa shape index (κ1) is 16.1. The second-order valence-electron chi connectivity index (χ2n) is 4.58. The van der Waals surface area contributed by atoms with Crippen LogP contribution in [0.5, 0.6) is 0 Å². The number of carbonyl (C=O) groups excluding carboxylic acids is 2. The number of halogens is 4. The molecule has 0 radical (unpaired) electrons. The van der Waals surface area contributed by atoms with Gasteiger partial charge in [-0.15, -0.1) is 0 Å². The molecule has 0 spiro atoms. The molecule has 17 heavy (non-hydrogen) atoms. The molecule has 0 aromatic heterocycles. The summed E-state index contributed by atoms with van der Waals surface area (Å²) in [6.07, 6.45) is -1.43. The van der Waals surface area contributed by atoms with Gasteiger partial charge in [0.25, 0.3) is 0 Å². The number of rotatable bonds is 6. The first-order chi connectivity index (χ1) is 7.44. The molecule has 0 N–H and O–H groups in total. The lowest BCUT2D eigenvalue weighted by molar-refractivity contribution is -0.160.